The van der Waals surface area contributed by atoms with E-state index in [0.717, 1.165) is 22.3 Å². The second kappa shape index (κ2) is 6.65. The van der Waals surface area contributed by atoms with Crippen LogP contribution in [0.2, 0.25) is 0 Å². The van der Waals surface area contributed by atoms with Crippen LogP contribution < -0.4 is 5.32 Å². The van der Waals surface area contributed by atoms with Gasteiger partial charge in [0.15, 0.2) is 0 Å². The van der Waals surface area contributed by atoms with Crippen LogP contribution in [0.15, 0.2) is 11.0 Å². The first-order valence-electron chi connectivity index (χ1n) is 7.06. The number of halogens is 1. The highest BCUT2D eigenvalue weighted by atomic mass is 35.5. The average molecular weight is 333 g/mol. The molecule has 1 fully saturated rings. The maximum absolute atomic E-state index is 13.0. The van der Waals surface area contributed by atoms with Gasteiger partial charge >= 0.3 is 0 Å². The van der Waals surface area contributed by atoms with Gasteiger partial charge in [-0.1, -0.05) is 6.07 Å². The molecule has 1 heterocycles. The van der Waals surface area contributed by atoms with E-state index in [1.165, 1.54) is 0 Å². The lowest BCUT2D eigenvalue weighted by atomic mass is 10.0. The van der Waals surface area contributed by atoms with Gasteiger partial charge in [-0.3, -0.25) is 0 Å². The smallest absolute Gasteiger partial charge is 0.243 e. The second-order valence-electron chi connectivity index (χ2n) is 5.81. The first-order valence-corrected chi connectivity index (χ1v) is 8.50. The first-order chi connectivity index (χ1) is 9.25. The van der Waals surface area contributed by atoms with Gasteiger partial charge in [0.1, 0.15) is 0 Å². The molecule has 1 aromatic carbocycles. The zero-order valence-corrected chi connectivity index (χ0v) is 15.0. The minimum Gasteiger partial charge on any atom is -0.312 e. The molecule has 0 radical (unpaired) electrons. The summed E-state index contributed by atoms with van der Waals surface area (Å²) in [4.78, 5) is 0.504. The molecule has 6 heteroatoms. The highest BCUT2D eigenvalue weighted by molar-refractivity contribution is 7.89. The van der Waals surface area contributed by atoms with Gasteiger partial charge in [0.05, 0.1) is 4.90 Å². The SMILES string of the molecule is Cc1cc(C)c(C)c(S(=O)(=O)N2CCN[C@@H](C)C2)c1C.Cl. The lowest BCUT2D eigenvalue weighted by Gasteiger charge is -2.32. The number of piperazine rings is 1. The van der Waals surface area contributed by atoms with Crippen molar-refractivity contribution in [1.29, 1.82) is 0 Å². The summed E-state index contributed by atoms with van der Waals surface area (Å²) >= 11 is 0. The molecule has 4 nitrogen and oxygen atoms in total. The molecule has 0 aromatic heterocycles. The molecule has 2 rings (SSSR count). The molecule has 120 valence electrons. The minimum absolute atomic E-state index is 0. The number of aryl methyl sites for hydroxylation is 2. The summed E-state index contributed by atoms with van der Waals surface area (Å²) in [6.07, 6.45) is 0. The average Bonchev–Trinajstić information content (AvgIpc) is 2.36. The topological polar surface area (TPSA) is 49.4 Å². The van der Waals surface area contributed by atoms with E-state index in [4.69, 9.17) is 0 Å². The van der Waals surface area contributed by atoms with Gasteiger partial charge in [-0.15, -0.1) is 12.4 Å². The van der Waals surface area contributed by atoms with Crippen molar-refractivity contribution in [3.63, 3.8) is 0 Å². The fourth-order valence-corrected chi connectivity index (χ4v) is 4.92. The molecule has 0 bridgehead atoms. The Labute approximate surface area is 134 Å². The zero-order valence-electron chi connectivity index (χ0n) is 13.4. The highest BCUT2D eigenvalue weighted by Gasteiger charge is 2.31. The van der Waals surface area contributed by atoms with E-state index in [1.807, 2.05) is 34.6 Å². The fourth-order valence-electron chi connectivity index (χ4n) is 2.81. The van der Waals surface area contributed by atoms with E-state index in [9.17, 15) is 8.42 Å². The van der Waals surface area contributed by atoms with Gasteiger partial charge in [-0.05, 0) is 56.9 Å². The van der Waals surface area contributed by atoms with Crippen molar-refractivity contribution in [1.82, 2.24) is 9.62 Å². The Morgan fingerprint density at radius 1 is 1.14 bits per heavy atom. The van der Waals surface area contributed by atoms with Gasteiger partial charge in [0.25, 0.3) is 0 Å². The Hall–Kier alpha value is -0.620. The molecule has 1 aliphatic rings. The monoisotopic (exact) mass is 332 g/mol. The summed E-state index contributed by atoms with van der Waals surface area (Å²) < 4.78 is 27.6. The molecule has 21 heavy (non-hydrogen) atoms. The molecule has 1 saturated heterocycles. The van der Waals surface area contributed by atoms with Crippen LogP contribution in [0, 0.1) is 27.7 Å². The van der Waals surface area contributed by atoms with E-state index in [1.54, 1.807) is 4.31 Å². The van der Waals surface area contributed by atoms with Crippen molar-refractivity contribution in [2.24, 2.45) is 0 Å². The molecule has 0 aliphatic carbocycles. The number of benzene rings is 1. The van der Waals surface area contributed by atoms with Crippen molar-refractivity contribution < 1.29 is 8.42 Å². The minimum atomic E-state index is -3.41. The third kappa shape index (κ3) is 3.42. The van der Waals surface area contributed by atoms with Gasteiger partial charge in [-0.2, -0.15) is 4.31 Å². The van der Waals surface area contributed by atoms with Crippen LogP contribution in [-0.4, -0.2) is 38.4 Å². The highest BCUT2D eigenvalue weighted by Crippen LogP contribution is 2.29. The number of nitrogens with one attached hydrogen (secondary N) is 1. The predicted octanol–water partition coefficient (Wildman–Crippen LogP) is 2.32. The summed E-state index contributed by atoms with van der Waals surface area (Å²) in [5, 5.41) is 3.28. The lowest BCUT2D eigenvalue weighted by Crippen LogP contribution is -2.51. The maximum atomic E-state index is 13.0. The van der Waals surface area contributed by atoms with E-state index in [0.29, 0.717) is 24.5 Å². The zero-order chi connectivity index (χ0) is 15.1. The van der Waals surface area contributed by atoms with Crippen molar-refractivity contribution in [2.45, 2.75) is 45.6 Å². The number of hydrogen-bond donors (Lipinski definition) is 1. The van der Waals surface area contributed by atoms with Crippen LogP contribution >= 0.6 is 12.4 Å². The van der Waals surface area contributed by atoms with Crippen molar-refractivity contribution >= 4 is 22.4 Å². The normalized spacial score (nSPS) is 20.1. The van der Waals surface area contributed by atoms with Crippen LogP contribution in [0.5, 0.6) is 0 Å². The van der Waals surface area contributed by atoms with Crippen LogP contribution in [0.4, 0.5) is 0 Å². The molecule has 1 aromatic rings. The molecule has 1 N–H and O–H groups in total. The number of nitrogens with zero attached hydrogens (tertiary/aromatic N) is 1. The van der Waals surface area contributed by atoms with Crippen molar-refractivity contribution in [3.8, 4) is 0 Å². The van der Waals surface area contributed by atoms with Gasteiger partial charge in [-0.25, -0.2) is 8.42 Å². The Bertz CT molecular complexity index is 603. The summed E-state index contributed by atoms with van der Waals surface area (Å²) in [5.74, 6) is 0. The number of rotatable bonds is 2. The Balaban J connectivity index is 0.00000220. The van der Waals surface area contributed by atoms with Gasteiger partial charge in [0.2, 0.25) is 10.0 Å². The maximum Gasteiger partial charge on any atom is 0.243 e. The van der Waals surface area contributed by atoms with E-state index >= 15 is 0 Å². The van der Waals surface area contributed by atoms with Crippen LogP contribution in [-0.2, 0) is 10.0 Å². The van der Waals surface area contributed by atoms with Gasteiger partial charge in [0, 0.05) is 25.7 Å². The standard InChI is InChI=1S/C15H24N2O2S.ClH/c1-10-8-11(2)14(5)15(13(10)4)20(18,19)17-7-6-16-12(3)9-17;/h8,12,16H,6-7,9H2,1-5H3;1H/t12-;/m0./s1. The molecular formula is C15H25ClN2O2S. The third-order valence-corrected chi connectivity index (χ3v) is 6.37. The summed E-state index contributed by atoms with van der Waals surface area (Å²) in [5.41, 5.74) is 3.82. The predicted molar refractivity (Wildman–Crippen MR) is 88.9 cm³/mol. The molecule has 0 amide bonds. The van der Waals surface area contributed by atoms with Crippen LogP contribution in [0.1, 0.15) is 29.2 Å². The summed E-state index contributed by atoms with van der Waals surface area (Å²) in [6, 6.07) is 2.26. The lowest BCUT2D eigenvalue weighted by molar-refractivity contribution is 0.310. The number of sulfonamides is 1. The van der Waals surface area contributed by atoms with E-state index < -0.39 is 10.0 Å². The van der Waals surface area contributed by atoms with E-state index in [-0.39, 0.29) is 18.4 Å². The van der Waals surface area contributed by atoms with Crippen molar-refractivity contribution in [2.75, 3.05) is 19.6 Å². The molecular weight excluding hydrogens is 308 g/mol. The third-order valence-electron chi connectivity index (χ3n) is 4.23. The summed E-state index contributed by atoms with van der Waals surface area (Å²) in [7, 11) is -3.41. The summed E-state index contributed by atoms with van der Waals surface area (Å²) in [6.45, 7) is 11.6. The second-order valence-corrected chi connectivity index (χ2v) is 7.68. The molecule has 1 aliphatic heterocycles. The van der Waals surface area contributed by atoms with E-state index in [2.05, 4.69) is 11.4 Å². The Morgan fingerprint density at radius 3 is 2.14 bits per heavy atom. The fraction of sp³-hybridized carbons (Fsp3) is 0.600. The Morgan fingerprint density at radius 2 is 1.67 bits per heavy atom. The molecule has 0 spiro atoms. The molecule has 0 saturated carbocycles. The quantitative estimate of drug-likeness (QED) is 0.904. The first kappa shape index (κ1) is 18.4. The van der Waals surface area contributed by atoms with Crippen LogP contribution in [0.25, 0.3) is 0 Å². The largest absolute Gasteiger partial charge is 0.312 e. The van der Waals surface area contributed by atoms with Crippen LogP contribution in [0.3, 0.4) is 0 Å². The molecule has 1 atom stereocenters. The van der Waals surface area contributed by atoms with Gasteiger partial charge < -0.3 is 5.32 Å². The molecule has 0 unspecified atom stereocenters. The van der Waals surface area contributed by atoms with Crippen molar-refractivity contribution in [3.05, 3.63) is 28.3 Å². The number of hydrogen-bond acceptors (Lipinski definition) is 3. The Kier molecular flexibility index (Phi) is 5.83.